The van der Waals surface area contributed by atoms with Gasteiger partial charge < -0.3 is 5.73 Å². The van der Waals surface area contributed by atoms with Gasteiger partial charge in [-0.1, -0.05) is 19.9 Å². The molecule has 0 heterocycles. The molecule has 2 atom stereocenters. The van der Waals surface area contributed by atoms with Crippen molar-refractivity contribution in [2.24, 2.45) is 17.1 Å². The Hall–Kier alpha value is -1.10. The number of rotatable bonds is 2. The van der Waals surface area contributed by atoms with E-state index in [4.69, 9.17) is 5.73 Å². The SMILES string of the molecule is CC1(C)CC1C(N)c1ccc(C(F)(F)F)c(F)c1. The molecule has 1 aliphatic rings. The van der Waals surface area contributed by atoms with Crippen molar-refractivity contribution in [3.63, 3.8) is 0 Å². The summed E-state index contributed by atoms with van der Waals surface area (Å²) in [5.41, 5.74) is 5.24. The van der Waals surface area contributed by atoms with Crippen LogP contribution in [0.15, 0.2) is 18.2 Å². The normalized spacial score (nSPS) is 23.8. The molecule has 5 heteroatoms. The highest BCUT2D eigenvalue weighted by molar-refractivity contribution is 5.30. The van der Waals surface area contributed by atoms with Gasteiger partial charge in [-0.15, -0.1) is 0 Å². The summed E-state index contributed by atoms with van der Waals surface area (Å²) in [4.78, 5) is 0. The fourth-order valence-corrected chi connectivity index (χ4v) is 2.32. The molecule has 2 N–H and O–H groups in total. The van der Waals surface area contributed by atoms with E-state index in [9.17, 15) is 17.6 Å². The number of benzene rings is 1. The third-order valence-corrected chi connectivity index (χ3v) is 3.71. The van der Waals surface area contributed by atoms with Crippen LogP contribution in [0.2, 0.25) is 0 Å². The van der Waals surface area contributed by atoms with Crippen molar-refractivity contribution in [2.45, 2.75) is 32.5 Å². The predicted molar refractivity (Wildman–Crippen MR) is 60.2 cm³/mol. The average Bonchev–Trinajstić information content (AvgIpc) is 2.84. The summed E-state index contributed by atoms with van der Waals surface area (Å²) in [6.45, 7) is 4.08. The fraction of sp³-hybridized carbons (Fsp3) is 0.538. The number of nitrogens with two attached hydrogens (primary N) is 1. The fourth-order valence-electron chi connectivity index (χ4n) is 2.32. The summed E-state index contributed by atoms with van der Waals surface area (Å²) in [7, 11) is 0. The van der Waals surface area contributed by atoms with Gasteiger partial charge in [0.05, 0.1) is 5.56 Å². The Labute approximate surface area is 103 Å². The molecule has 0 aromatic heterocycles. The first kappa shape index (κ1) is 13.3. The van der Waals surface area contributed by atoms with Gasteiger partial charge in [-0.25, -0.2) is 4.39 Å². The van der Waals surface area contributed by atoms with E-state index in [2.05, 4.69) is 0 Å². The second-order valence-electron chi connectivity index (χ2n) is 5.56. The Morgan fingerprint density at radius 3 is 2.28 bits per heavy atom. The van der Waals surface area contributed by atoms with Gasteiger partial charge >= 0.3 is 6.18 Å². The second kappa shape index (κ2) is 3.95. The van der Waals surface area contributed by atoms with Crippen molar-refractivity contribution in [1.29, 1.82) is 0 Å². The van der Waals surface area contributed by atoms with Crippen LogP contribution in [-0.4, -0.2) is 0 Å². The first-order valence-corrected chi connectivity index (χ1v) is 5.75. The molecule has 100 valence electrons. The minimum absolute atomic E-state index is 0.0958. The minimum Gasteiger partial charge on any atom is -0.324 e. The lowest BCUT2D eigenvalue weighted by Crippen LogP contribution is -2.17. The standard InChI is InChI=1S/C13H15F4N/c1-12(2)6-9(12)11(18)7-3-4-8(10(14)5-7)13(15,16)17/h3-5,9,11H,6,18H2,1-2H3. The van der Waals surface area contributed by atoms with E-state index in [1.807, 2.05) is 13.8 Å². The molecule has 18 heavy (non-hydrogen) atoms. The molecular formula is C13H15F4N. The molecule has 1 fully saturated rings. The Morgan fingerprint density at radius 2 is 1.89 bits per heavy atom. The van der Waals surface area contributed by atoms with Crippen LogP contribution in [0.1, 0.15) is 37.4 Å². The van der Waals surface area contributed by atoms with E-state index < -0.39 is 23.6 Å². The predicted octanol–water partition coefficient (Wildman–Crippen LogP) is 3.89. The summed E-state index contributed by atoms with van der Waals surface area (Å²) in [6, 6.07) is 2.53. The maximum atomic E-state index is 13.4. The highest BCUT2D eigenvalue weighted by Crippen LogP contribution is 2.57. The molecular weight excluding hydrogens is 246 g/mol. The van der Waals surface area contributed by atoms with Crippen molar-refractivity contribution in [3.8, 4) is 0 Å². The largest absolute Gasteiger partial charge is 0.419 e. The maximum Gasteiger partial charge on any atom is 0.419 e. The van der Waals surface area contributed by atoms with Crippen molar-refractivity contribution < 1.29 is 17.6 Å². The molecule has 0 spiro atoms. The quantitative estimate of drug-likeness (QED) is 0.803. The van der Waals surface area contributed by atoms with Crippen LogP contribution in [0.25, 0.3) is 0 Å². The van der Waals surface area contributed by atoms with Crippen LogP contribution in [0.4, 0.5) is 17.6 Å². The molecule has 1 nitrogen and oxygen atoms in total. The molecule has 1 saturated carbocycles. The Kier molecular flexibility index (Phi) is 2.93. The first-order valence-electron chi connectivity index (χ1n) is 5.75. The molecule has 0 saturated heterocycles. The number of halogens is 4. The highest BCUT2D eigenvalue weighted by Gasteiger charge is 2.49. The molecule has 0 radical (unpaired) electrons. The van der Waals surface area contributed by atoms with Crippen LogP contribution in [0, 0.1) is 17.2 Å². The van der Waals surface area contributed by atoms with E-state index in [0.717, 1.165) is 18.6 Å². The Bertz CT molecular complexity index is 465. The molecule has 0 aliphatic heterocycles. The lowest BCUT2D eigenvalue weighted by molar-refractivity contribution is -0.140. The zero-order valence-electron chi connectivity index (χ0n) is 10.2. The van der Waals surface area contributed by atoms with E-state index >= 15 is 0 Å². The molecule has 0 amide bonds. The Balaban J connectivity index is 2.25. The summed E-state index contributed by atoms with van der Waals surface area (Å²) < 4.78 is 50.6. The van der Waals surface area contributed by atoms with E-state index in [1.54, 1.807) is 0 Å². The van der Waals surface area contributed by atoms with Gasteiger partial charge in [0, 0.05) is 6.04 Å². The van der Waals surface area contributed by atoms with Crippen molar-refractivity contribution in [2.75, 3.05) is 0 Å². The Morgan fingerprint density at radius 1 is 1.33 bits per heavy atom. The third-order valence-electron chi connectivity index (χ3n) is 3.71. The van der Waals surface area contributed by atoms with Gasteiger partial charge in [-0.3, -0.25) is 0 Å². The van der Waals surface area contributed by atoms with Crippen LogP contribution < -0.4 is 5.73 Å². The van der Waals surface area contributed by atoms with Crippen LogP contribution >= 0.6 is 0 Å². The van der Waals surface area contributed by atoms with Crippen LogP contribution in [0.3, 0.4) is 0 Å². The molecule has 1 aromatic rings. The van der Waals surface area contributed by atoms with Gasteiger partial charge in [0.1, 0.15) is 5.82 Å². The van der Waals surface area contributed by atoms with Gasteiger partial charge in [0.15, 0.2) is 0 Å². The average molecular weight is 261 g/mol. The van der Waals surface area contributed by atoms with Gasteiger partial charge in [-0.2, -0.15) is 13.2 Å². The first-order chi connectivity index (χ1) is 8.13. The summed E-state index contributed by atoms with van der Waals surface area (Å²) >= 11 is 0. The second-order valence-corrected chi connectivity index (χ2v) is 5.56. The molecule has 1 aromatic carbocycles. The van der Waals surface area contributed by atoms with Gasteiger partial charge in [-0.05, 0) is 35.4 Å². The lowest BCUT2D eigenvalue weighted by atomic mass is 9.97. The third kappa shape index (κ3) is 2.36. The van der Waals surface area contributed by atoms with E-state index in [1.165, 1.54) is 6.07 Å². The maximum absolute atomic E-state index is 13.4. The molecule has 1 aliphatic carbocycles. The molecule has 0 bridgehead atoms. The monoisotopic (exact) mass is 261 g/mol. The van der Waals surface area contributed by atoms with Crippen LogP contribution in [-0.2, 0) is 6.18 Å². The zero-order chi connectivity index (χ0) is 13.7. The van der Waals surface area contributed by atoms with Crippen molar-refractivity contribution in [3.05, 3.63) is 35.1 Å². The van der Waals surface area contributed by atoms with Crippen molar-refractivity contribution in [1.82, 2.24) is 0 Å². The summed E-state index contributed by atoms with van der Waals surface area (Å²) in [5.74, 6) is -1.05. The van der Waals surface area contributed by atoms with Gasteiger partial charge in [0.25, 0.3) is 0 Å². The topological polar surface area (TPSA) is 26.0 Å². The molecule has 2 rings (SSSR count). The molecule has 2 unspecified atom stereocenters. The number of alkyl halides is 3. The summed E-state index contributed by atoms with van der Waals surface area (Å²) in [5, 5.41) is 0. The highest BCUT2D eigenvalue weighted by atomic mass is 19.4. The smallest absolute Gasteiger partial charge is 0.324 e. The lowest BCUT2D eigenvalue weighted by Gasteiger charge is -2.16. The minimum atomic E-state index is -4.66. The zero-order valence-corrected chi connectivity index (χ0v) is 10.2. The van der Waals surface area contributed by atoms with E-state index in [0.29, 0.717) is 5.56 Å². The van der Waals surface area contributed by atoms with Crippen LogP contribution in [0.5, 0.6) is 0 Å². The summed E-state index contributed by atoms with van der Waals surface area (Å²) in [6.07, 6.45) is -3.75. The van der Waals surface area contributed by atoms with Crippen molar-refractivity contribution >= 4 is 0 Å². The number of hydrogen-bond donors (Lipinski definition) is 1. The number of hydrogen-bond acceptors (Lipinski definition) is 1. The van der Waals surface area contributed by atoms with E-state index in [-0.39, 0.29) is 11.3 Å². The van der Waals surface area contributed by atoms with Gasteiger partial charge in [0.2, 0.25) is 0 Å².